The smallest absolute Gasteiger partial charge is 0.257 e. The van der Waals surface area contributed by atoms with Gasteiger partial charge in [0.2, 0.25) is 0 Å². The number of methoxy groups -OCH3 is 1. The predicted octanol–water partition coefficient (Wildman–Crippen LogP) is 4.09. The second-order valence-corrected chi connectivity index (χ2v) is 7.51. The summed E-state index contributed by atoms with van der Waals surface area (Å²) in [6.45, 7) is 3.82. The fourth-order valence-electron chi connectivity index (χ4n) is 2.57. The van der Waals surface area contributed by atoms with Crippen molar-refractivity contribution in [1.29, 1.82) is 0 Å². The first-order chi connectivity index (χ1) is 9.52. The van der Waals surface area contributed by atoms with Gasteiger partial charge in [0.05, 0.1) is 12.7 Å². The van der Waals surface area contributed by atoms with Gasteiger partial charge in [-0.05, 0) is 37.0 Å². The average molecular weight is 405 g/mol. The molecule has 1 aliphatic rings. The highest BCUT2D eigenvalue weighted by atomic mass is 79.9. The number of carbonyl (C=O) groups excluding carboxylic acids is 1. The minimum Gasteiger partial charge on any atom is -0.496 e. The summed E-state index contributed by atoms with van der Waals surface area (Å²) in [5.74, 6) is 1.35. The molecular formula is C15H19Br2NO2. The van der Waals surface area contributed by atoms with Crippen LogP contribution in [-0.2, 0) is 0 Å². The largest absolute Gasteiger partial charge is 0.496 e. The van der Waals surface area contributed by atoms with Gasteiger partial charge in [-0.1, -0.05) is 38.8 Å². The van der Waals surface area contributed by atoms with E-state index in [-0.39, 0.29) is 5.91 Å². The van der Waals surface area contributed by atoms with Gasteiger partial charge in [-0.3, -0.25) is 4.79 Å². The van der Waals surface area contributed by atoms with Crippen LogP contribution < -0.4 is 4.74 Å². The van der Waals surface area contributed by atoms with Gasteiger partial charge in [0.1, 0.15) is 5.75 Å². The van der Waals surface area contributed by atoms with E-state index in [2.05, 4.69) is 38.8 Å². The van der Waals surface area contributed by atoms with Crippen molar-refractivity contribution in [1.82, 2.24) is 4.90 Å². The number of alkyl halides is 1. The molecule has 110 valence electrons. The first-order valence-electron chi connectivity index (χ1n) is 6.79. The molecule has 1 unspecified atom stereocenters. The molecule has 1 aromatic carbocycles. The monoisotopic (exact) mass is 403 g/mol. The number of nitrogens with zero attached hydrogens (tertiary/aromatic N) is 1. The molecule has 20 heavy (non-hydrogen) atoms. The number of hydrogen-bond acceptors (Lipinski definition) is 2. The third kappa shape index (κ3) is 3.55. The molecule has 3 nitrogen and oxygen atoms in total. The van der Waals surface area contributed by atoms with Crippen LogP contribution >= 0.6 is 31.9 Å². The molecule has 1 saturated heterocycles. The summed E-state index contributed by atoms with van der Waals surface area (Å²) >= 11 is 7.04. The molecule has 1 heterocycles. The van der Waals surface area contributed by atoms with Gasteiger partial charge in [-0.25, -0.2) is 0 Å². The van der Waals surface area contributed by atoms with Gasteiger partial charge in [-0.15, -0.1) is 0 Å². The third-order valence-electron chi connectivity index (χ3n) is 3.87. The molecule has 0 aromatic heterocycles. The van der Waals surface area contributed by atoms with E-state index in [1.54, 1.807) is 7.11 Å². The Morgan fingerprint density at radius 2 is 2.05 bits per heavy atom. The van der Waals surface area contributed by atoms with Gasteiger partial charge in [0.15, 0.2) is 0 Å². The van der Waals surface area contributed by atoms with Gasteiger partial charge in [0.25, 0.3) is 5.91 Å². The molecule has 1 atom stereocenters. The number of ether oxygens (including phenoxy) is 1. The lowest BCUT2D eigenvalue weighted by Crippen LogP contribution is -2.40. The molecule has 1 aromatic rings. The van der Waals surface area contributed by atoms with Crippen molar-refractivity contribution in [2.24, 2.45) is 5.92 Å². The zero-order valence-electron chi connectivity index (χ0n) is 11.7. The minimum absolute atomic E-state index is 0.0648. The van der Waals surface area contributed by atoms with Crippen LogP contribution in [0.15, 0.2) is 22.7 Å². The molecular weight excluding hydrogens is 386 g/mol. The zero-order valence-corrected chi connectivity index (χ0v) is 14.9. The summed E-state index contributed by atoms with van der Waals surface area (Å²) in [5, 5.41) is 0. The van der Waals surface area contributed by atoms with Crippen molar-refractivity contribution < 1.29 is 9.53 Å². The number of hydrogen-bond donors (Lipinski definition) is 0. The number of carbonyl (C=O) groups is 1. The molecule has 0 bridgehead atoms. The summed E-state index contributed by atoms with van der Waals surface area (Å²) in [5.41, 5.74) is 0.640. The van der Waals surface area contributed by atoms with Gasteiger partial charge < -0.3 is 9.64 Å². The summed E-state index contributed by atoms with van der Waals surface area (Å²) in [7, 11) is 1.59. The van der Waals surface area contributed by atoms with Crippen molar-refractivity contribution in [3.8, 4) is 5.75 Å². The Labute approximate surface area is 136 Å². The molecule has 0 aliphatic carbocycles. The standard InChI is InChI=1S/C15H19Br2NO2/c1-10(16)11-5-7-18(8-6-11)15(19)13-4-3-12(17)9-14(13)20-2/h3-4,9-11H,5-8H2,1-2H3. The topological polar surface area (TPSA) is 29.5 Å². The van der Waals surface area contributed by atoms with Crippen molar-refractivity contribution >= 4 is 37.8 Å². The Bertz CT molecular complexity index is 483. The van der Waals surface area contributed by atoms with Crippen molar-refractivity contribution in [3.63, 3.8) is 0 Å². The van der Waals surface area contributed by atoms with E-state index < -0.39 is 0 Å². The highest BCUT2D eigenvalue weighted by Crippen LogP contribution is 2.28. The second-order valence-electron chi connectivity index (χ2n) is 5.15. The maximum atomic E-state index is 12.6. The molecule has 0 N–H and O–H groups in total. The van der Waals surface area contributed by atoms with E-state index in [4.69, 9.17) is 4.74 Å². The maximum Gasteiger partial charge on any atom is 0.257 e. The number of halogens is 2. The quantitative estimate of drug-likeness (QED) is 0.710. The van der Waals surface area contributed by atoms with Crippen LogP contribution in [0.3, 0.4) is 0 Å². The normalized spacial score (nSPS) is 17.9. The van der Waals surface area contributed by atoms with E-state index in [1.807, 2.05) is 23.1 Å². The van der Waals surface area contributed by atoms with E-state index in [9.17, 15) is 4.79 Å². The molecule has 1 aliphatic heterocycles. The molecule has 1 fully saturated rings. The Morgan fingerprint density at radius 3 is 2.60 bits per heavy atom. The zero-order chi connectivity index (χ0) is 14.7. The van der Waals surface area contributed by atoms with Gasteiger partial charge in [0, 0.05) is 22.4 Å². The Hall–Kier alpha value is -0.550. The fraction of sp³-hybridized carbons (Fsp3) is 0.533. The Morgan fingerprint density at radius 1 is 1.40 bits per heavy atom. The van der Waals surface area contributed by atoms with E-state index >= 15 is 0 Å². The molecule has 2 rings (SSSR count). The van der Waals surface area contributed by atoms with Crippen molar-refractivity contribution in [2.45, 2.75) is 24.6 Å². The maximum absolute atomic E-state index is 12.6. The fourth-order valence-corrected chi connectivity index (χ4v) is 3.44. The highest BCUT2D eigenvalue weighted by Gasteiger charge is 2.27. The first-order valence-corrected chi connectivity index (χ1v) is 8.50. The highest BCUT2D eigenvalue weighted by molar-refractivity contribution is 9.10. The Balaban J connectivity index is 2.09. The summed E-state index contributed by atoms with van der Waals surface area (Å²) in [4.78, 5) is 15.0. The van der Waals surface area contributed by atoms with Crippen LogP contribution in [0.5, 0.6) is 5.75 Å². The SMILES string of the molecule is COc1cc(Br)ccc1C(=O)N1CCC(C(C)Br)CC1. The summed E-state index contributed by atoms with van der Waals surface area (Å²) in [6.07, 6.45) is 2.11. The lowest BCUT2D eigenvalue weighted by molar-refractivity contribution is 0.0688. The Kier molecular flexibility index (Phi) is 5.49. The van der Waals surface area contributed by atoms with Crippen LogP contribution in [0.2, 0.25) is 0 Å². The van der Waals surface area contributed by atoms with Crippen LogP contribution in [0.25, 0.3) is 0 Å². The first kappa shape index (κ1) is 15.8. The van der Waals surface area contributed by atoms with E-state index in [0.717, 1.165) is 30.4 Å². The summed E-state index contributed by atoms with van der Waals surface area (Å²) < 4.78 is 6.23. The van der Waals surface area contributed by atoms with Crippen molar-refractivity contribution in [3.05, 3.63) is 28.2 Å². The number of benzene rings is 1. The number of likely N-dealkylation sites (tertiary alicyclic amines) is 1. The average Bonchev–Trinajstić information content (AvgIpc) is 2.46. The van der Waals surface area contributed by atoms with Crippen LogP contribution in [0.4, 0.5) is 0 Å². The van der Waals surface area contributed by atoms with Crippen LogP contribution in [-0.4, -0.2) is 35.8 Å². The van der Waals surface area contributed by atoms with Crippen LogP contribution in [0.1, 0.15) is 30.1 Å². The minimum atomic E-state index is 0.0648. The third-order valence-corrected chi connectivity index (χ3v) is 5.11. The number of amides is 1. The van der Waals surface area contributed by atoms with E-state index in [1.165, 1.54) is 0 Å². The number of rotatable bonds is 3. The second kappa shape index (κ2) is 6.94. The molecule has 0 spiro atoms. The molecule has 5 heteroatoms. The lowest BCUT2D eigenvalue weighted by atomic mass is 9.94. The van der Waals surface area contributed by atoms with Crippen molar-refractivity contribution in [2.75, 3.05) is 20.2 Å². The van der Waals surface area contributed by atoms with E-state index in [0.29, 0.717) is 22.1 Å². The molecule has 0 saturated carbocycles. The summed E-state index contributed by atoms with van der Waals surface area (Å²) in [6, 6.07) is 5.54. The molecule has 0 radical (unpaired) electrons. The predicted molar refractivity (Wildman–Crippen MR) is 87.7 cm³/mol. The van der Waals surface area contributed by atoms with Gasteiger partial charge in [-0.2, -0.15) is 0 Å². The lowest BCUT2D eigenvalue weighted by Gasteiger charge is -2.33. The van der Waals surface area contributed by atoms with Gasteiger partial charge >= 0.3 is 0 Å². The number of piperidine rings is 1. The molecule has 1 amide bonds. The van der Waals surface area contributed by atoms with Crippen LogP contribution in [0, 0.1) is 5.92 Å².